The maximum Gasteiger partial charge on any atom is 0.339 e. The molecule has 5 heteroatoms. The number of benzene rings is 1. The summed E-state index contributed by atoms with van der Waals surface area (Å²) < 4.78 is 24.0. The zero-order valence-electron chi connectivity index (χ0n) is 13.6. The molecule has 1 heterocycles. The van der Waals surface area contributed by atoms with Crippen molar-refractivity contribution in [2.75, 3.05) is 7.11 Å². The molecule has 1 aliphatic carbocycles. The average molecular weight is 329 g/mol. The second-order valence-corrected chi connectivity index (χ2v) is 6.01. The molecule has 4 nitrogen and oxygen atoms in total. The monoisotopic (exact) mass is 329 g/mol. The lowest BCUT2D eigenvalue weighted by molar-refractivity contribution is 0.0599. The summed E-state index contributed by atoms with van der Waals surface area (Å²) in [6.07, 6.45) is 7.58. The van der Waals surface area contributed by atoms with Crippen molar-refractivity contribution in [3.8, 4) is 11.6 Å². The van der Waals surface area contributed by atoms with Crippen molar-refractivity contribution in [3.05, 3.63) is 53.5 Å². The summed E-state index contributed by atoms with van der Waals surface area (Å²) in [5.41, 5.74) is 1.35. The van der Waals surface area contributed by atoms with E-state index in [-0.39, 0.29) is 11.4 Å². The van der Waals surface area contributed by atoms with Crippen LogP contribution in [0.25, 0.3) is 0 Å². The Morgan fingerprint density at radius 2 is 1.88 bits per heavy atom. The van der Waals surface area contributed by atoms with Crippen LogP contribution in [0.3, 0.4) is 0 Å². The van der Waals surface area contributed by atoms with E-state index in [0.717, 1.165) is 6.07 Å². The van der Waals surface area contributed by atoms with E-state index in [9.17, 15) is 9.18 Å². The van der Waals surface area contributed by atoms with Gasteiger partial charge in [0, 0.05) is 6.20 Å². The first kappa shape index (κ1) is 16.4. The van der Waals surface area contributed by atoms with Crippen molar-refractivity contribution in [2.45, 2.75) is 38.0 Å². The van der Waals surface area contributed by atoms with Crippen LogP contribution < -0.4 is 4.74 Å². The number of nitrogens with zero attached hydrogens (tertiary/aromatic N) is 1. The molecule has 0 spiro atoms. The first-order valence-electron chi connectivity index (χ1n) is 8.19. The fourth-order valence-corrected chi connectivity index (χ4v) is 3.09. The number of ether oxygens (including phenoxy) is 2. The number of methoxy groups -OCH3 is 1. The van der Waals surface area contributed by atoms with Gasteiger partial charge in [-0.05, 0) is 42.5 Å². The van der Waals surface area contributed by atoms with E-state index in [4.69, 9.17) is 4.74 Å². The molecule has 0 bridgehead atoms. The molecule has 0 atom stereocenters. The van der Waals surface area contributed by atoms with Gasteiger partial charge in [0.2, 0.25) is 0 Å². The zero-order chi connectivity index (χ0) is 16.9. The van der Waals surface area contributed by atoms with Crippen molar-refractivity contribution in [3.63, 3.8) is 0 Å². The minimum absolute atomic E-state index is 0.0509. The average Bonchev–Trinajstić information content (AvgIpc) is 2.64. The predicted molar refractivity (Wildman–Crippen MR) is 87.9 cm³/mol. The molecule has 24 heavy (non-hydrogen) atoms. The molecular formula is C19H20FNO3. The van der Waals surface area contributed by atoms with Gasteiger partial charge in [-0.3, -0.25) is 0 Å². The minimum atomic E-state index is -0.700. The lowest BCUT2D eigenvalue weighted by atomic mass is 9.84. The van der Waals surface area contributed by atoms with Crippen LogP contribution >= 0.6 is 0 Å². The molecule has 1 fully saturated rings. The van der Waals surface area contributed by atoms with Gasteiger partial charge < -0.3 is 9.47 Å². The van der Waals surface area contributed by atoms with Crippen LogP contribution in [0, 0.1) is 5.82 Å². The third-order valence-corrected chi connectivity index (χ3v) is 4.40. The number of carbonyl (C=O) groups excluding carboxylic acids is 1. The second kappa shape index (κ2) is 7.43. The Labute approximate surface area is 140 Å². The van der Waals surface area contributed by atoms with Gasteiger partial charge in [-0.2, -0.15) is 0 Å². The standard InChI is InChI=1S/C19H20FNO3/c1-23-19(22)15-11-17(20)18(21-12-15)24-16-9-7-14(8-10-16)13-5-3-2-4-6-13/h7-13H,2-6H2,1H3. The summed E-state index contributed by atoms with van der Waals surface area (Å²) in [5, 5.41) is 0. The topological polar surface area (TPSA) is 48.4 Å². The van der Waals surface area contributed by atoms with Crippen molar-refractivity contribution in [1.82, 2.24) is 4.98 Å². The van der Waals surface area contributed by atoms with Crippen LogP contribution in [-0.4, -0.2) is 18.1 Å². The van der Waals surface area contributed by atoms with Crippen molar-refractivity contribution in [2.24, 2.45) is 0 Å². The van der Waals surface area contributed by atoms with Crippen LogP contribution in [0.1, 0.15) is 53.9 Å². The summed E-state index contributed by atoms with van der Waals surface area (Å²) in [5.74, 6) is -0.360. The van der Waals surface area contributed by atoms with Gasteiger partial charge >= 0.3 is 5.97 Å². The molecule has 0 radical (unpaired) electrons. The predicted octanol–water partition coefficient (Wildman–Crippen LogP) is 4.85. The lowest BCUT2D eigenvalue weighted by Crippen LogP contribution is -2.04. The first-order chi connectivity index (χ1) is 11.7. The third-order valence-electron chi connectivity index (χ3n) is 4.40. The highest BCUT2D eigenvalue weighted by molar-refractivity contribution is 5.88. The molecule has 0 aliphatic heterocycles. The third kappa shape index (κ3) is 3.72. The van der Waals surface area contributed by atoms with E-state index < -0.39 is 11.8 Å². The van der Waals surface area contributed by atoms with Crippen LogP contribution in [0.4, 0.5) is 4.39 Å². The molecule has 0 N–H and O–H groups in total. The van der Waals surface area contributed by atoms with Crippen molar-refractivity contribution < 1.29 is 18.7 Å². The van der Waals surface area contributed by atoms with Crippen molar-refractivity contribution >= 4 is 5.97 Å². The molecule has 0 amide bonds. The molecule has 1 aliphatic rings. The number of aromatic nitrogens is 1. The SMILES string of the molecule is COC(=O)c1cnc(Oc2ccc(C3CCCCC3)cc2)c(F)c1. The number of hydrogen-bond acceptors (Lipinski definition) is 4. The van der Waals surface area contributed by atoms with Crippen LogP contribution in [0.5, 0.6) is 11.6 Å². The Kier molecular flexibility index (Phi) is 5.08. The highest BCUT2D eigenvalue weighted by atomic mass is 19.1. The number of rotatable bonds is 4. The number of pyridine rings is 1. The number of carbonyl (C=O) groups is 1. The molecule has 1 saturated carbocycles. The fourth-order valence-electron chi connectivity index (χ4n) is 3.09. The van der Waals surface area contributed by atoms with Crippen molar-refractivity contribution in [1.29, 1.82) is 0 Å². The zero-order valence-corrected chi connectivity index (χ0v) is 13.6. The molecule has 1 aromatic carbocycles. The van der Waals surface area contributed by atoms with Crippen LogP contribution in [-0.2, 0) is 4.74 Å². The van der Waals surface area contributed by atoms with Gasteiger partial charge in [0.1, 0.15) is 5.75 Å². The van der Waals surface area contributed by atoms with Crippen LogP contribution in [0.2, 0.25) is 0 Å². The number of hydrogen-bond donors (Lipinski definition) is 0. The Morgan fingerprint density at radius 3 is 2.50 bits per heavy atom. The molecule has 126 valence electrons. The Bertz CT molecular complexity index is 709. The van der Waals surface area contributed by atoms with Gasteiger partial charge in [0.05, 0.1) is 12.7 Å². The summed E-state index contributed by atoms with van der Waals surface area (Å²) in [4.78, 5) is 15.2. The Hall–Kier alpha value is -2.43. The Balaban J connectivity index is 1.70. The summed E-state index contributed by atoms with van der Waals surface area (Å²) in [7, 11) is 1.23. The largest absolute Gasteiger partial charge is 0.465 e. The van der Waals surface area contributed by atoms with Gasteiger partial charge in [0.15, 0.2) is 5.82 Å². The second-order valence-electron chi connectivity index (χ2n) is 6.01. The van der Waals surface area contributed by atoms with E-state index in [1.807, 2.05) is 24.3 Å². The quantitative estimate of drug-likeness (QED) is 0.753. The number of esters is 1. The maximum atomic E-state index is 14.0. The van der Waals surface area contributed by atoms with Crippen LogP contribution in [0.15, 0.2) is 36.5 Å². The number of halogens is 1. The molecular weight excluding hydrogens is 309 g/mol. The smallest absolute Gasteiger partial charge is 0.339 e. The highest BCUT2D eigenvalue weighted by Crippen LogP contribution is 2.33. The Morgan fingerprint density at radius 1 is 1.17 bits per heavy atom. The van der Waals surface area contributed by atoms with Gasteiger partial charge in [0.25, 0.3) is 5.88 Å². The summed E-state index contributed by atoms with van der Waals surface area (Å²) in [6.45, 7) is 0. The van der Waals surface area contributed by atoms with E-state index in [1.165, 1.54) is 51.0 Å². The maximum absolute atomic E-state index is 14.0. The van der Waals surface area contributed by atoms with Gasteiger partial charge in [-0.15, -0.1) is 0 Å². The normalized spacial score (nSPS) is 15.1. The molecule has 0 saturated heterocycles. The molecule has 1 aromatic heterocycles. The van der Waals surface area contributed by atoms with E-state index >= 15 is 0 Å². The van der Waals surface area contributed by atoms with E-state index in [2.05, 4.69) is 9.72 Å². The van der Waals surface area contributed by atoms with E-state index in [0.29, 0.717) is 11.7 Å². The highest BCUT2D eigenvalue weighted by Gasteiger charge is 2.16. The van der Waals surface area contributed by atoms with Gasteiger partial charge in [-0.25, -0.2) is 14.2 Å². The summed E-state index contributed by atoms with van der Waals surface area (Å²) >= 11 is 0. The lowest BCUT2D eigenvalue weighted by Gasteiger charge is -2.22. The van der Waals surface area contributed by atoms with E-state index in [1.54, 1.807) is 0 Å². The molecule has 3 rings (SSSR count). The first-order valence-corrected chi connectivity index (χ1v) is 8.19. The summed E-state index contributed by atoms with van der Waals surface area (Å²) in [6, 6.07) is 8.79. The molecule has 2 aromatic rings. The molecule has 0 unspecified atom stereocenters. The minimum Gasteiger partial charge on any atom is -0.465 e. The fraction of sp³-hybridized carbons (Fsp3) is 0.368. The van der Waals surface area contributed by atoms with Gasteiger partial charge in [-0.1, -0.05) is 31.4 Å².